The highest BCUT2D eigenvalue weighted by atomic mass is 35.5. The SMILES string of the molecule is O=C(Nc1cc2c(cc1Cl)OCCCO2)C1CCCN(C(=O)C2CC2)C1. The highest BCUT2D eigenvalue weighted by Crippen LogP contribution is 2.38. The number of carbonyl (C=O) groups excluding carboxylic acids is 2. The van der Waals surface area contributed by atoms with Crippen molar-refractivity contribution in [2.45, 2.75) is 32.1 Å². The minimum absolute atomic E-state index is 0.102. The van der Waals surface area contributed by atoms with Gasteiger partial charge in [0, 0.05) is 37.6 Å². The summed E-state index contributed by atoms with van der Waals surface area (Å²) in [4.78, 5) is 26.9. The Balaban J connectivity index is 1.44. The average Bonchev–Trinajstić information content (AvgIpc) is 3.49. The number of halogens is 1. The number of benzene rings is 1. The van der Waals surface area contributed by atoms with Gasteiger partial charge < -0.3 is 19.7 Å². The summed E-state index contributed by atoms with van der Waals surface area (Å²) in [5.41, 5.74) is 0.520. The summed E-state index contributed by atoms with van der Waals surface area (Å²) >= 11 is 6.31. The summed E-state index contributed by atoms with van der Waals surface area (Å²) in [6.45, 7) is 2.40. The zero-order chi connectivity index (χ0) is 18.1. The number of nitrogens with one attached hydrogen (secondary N) is 1. The van der Waals surface area contributed by atoms with Crippen molar-refractivity contribution in [2.24, 2.45) is 11.8 Å². The van der Waals surface area contributed by atoms with Crippen LogP contribution in [0.25, 0.3) is 0 Å². The summed E-state index contributed by atoms with van der Waals surface area (Å²) in [5, 5.41) is 3.33. The van der Waals surface area contributed by atoms with Gasteiger partial charge in [0.2, 0.25) is 11.8 Å². The van der Waals surface area contributed by atoms with Crippen LogP contribution in [-0.2, 0) is 9.59 Å². The topological polar surface area (TPSA) is 67.9 Å². The van der Waals surface area contributed by atoms with Crippen LogP contribution in [0.15, 0.2) is 12.1 Å². The molecule has 0 radical (unpaired) electrons. The second-order valence-electron chi connectivity index (χ2n) is 7.22. The van der Waals surface area contributed by atoms with Crippen molar-refractivity contribution in [3.63, 3.8) is 0 Å². The van der Waals surface area contributed by atoms with E-state index in [0.717, 1.165) is 38.6 Å². The van der Waals surface area contributed by atoms with Crippen LogP contribution in [0.5, 0.6) is 11.5 Å². The van der Waals surface area contributed by atoms with Gasteiger partial charge in [0.05, 0.1) is 29.8 Å². The maximum atomic E-state index is 12.7. The fraction of sp³-hybridized carbons (Fsp3) is 0.579. The number of ether oxygens (including phenoxy) is 2. The first-order valence-corrected chi connectivity index (χ1v) is 9.68. The van der Waals surface area contributed by atoms with Crippen molar-refractivity contribution >= 4 is 29.1 Å². The van der Waals surface area contributed by atoms with Gasteiger partial charge in [-0.3, -0.25) is 9.59 Å². The Morgan fingerprint density at radius 1 is 1.04 bits per heavy atom. The maximum Gasteiger partial charge on any atom is 0.229 e. The average molecular weight is 379 g/mol. The highest BCUT2D eigenvalue weighted by molar-refractivity contribution is 6.34. The van der Waals surface area contributed by atoms with Crippen LogP contribution < -0.4 is 14.8 Å². The van der Waals surface area contributed by atoms with Crippen LogP contribution in [0.3, 0.4) is 0 Å². The Kier molecular flexibility index (Phi) is 4.94. The quantitative estimate of drug-likeness (QED) is 0.877. The zero-order valence-electron chi connectivity index (χ0n) is 14.6. The number of anilines is 1. The monoisotopic (exact) mass is 378 g/mol. The van der Waals surface area contributed by atoms with E-state index in [0.29, 0.717) is 42.0 Å². The first-order valence-electron chi connectivity index (χ1n) is 9.30. The number of hydrogen-bond acceptors (Lipinski definition) is 4. The number of piperidine rings is 1. The molecule has 1 N–H and O–H groups in total. The lowest BCUT2D eigenvalue weighted by atomic mass is 9.96. The van der Waals surface area contributed by atoms with Crippen LogP contribution in [0.2, 0.25) is 5.02 Å². The lowest BCUT2D eigenvalue weighted by Gasteiger charge is -2.32. The van der Waals surface area contributed by atoms with Crippen LogP contribution in [0, 0.1) is 11.8 Å². The van der Waals surface area contributed by atoms with E-state index >= 15 is 0 Å². The minimum Gasteiger partial charge on any atom is -0.490 e. The van der Waals surface area contributed by atoms with Gasteiger partial charge in [-0.15, -0.1) is 0 Å². The van der Waals surface area contributed by atoms with Gasteiger partial charge >= 0.3 is 0 Å². The molecule has 2 aliphatic heterocycles. The third-order valence-corrected chi connectivity index (χ3v) is 5.44. The molecule has 26 heavy (non-hydrogen) atoms. The fourth-order valence-electron chi connectivity index (χ4n) is 3.49. The molecule has 1 aromatic rings. The van der Waals surface area contributed by atoms with Gasteiger partial charge in [-0.25, -0.2) is 0 Å². The lowest BCUT2D eigenvalue weighted by Crippen LogP contribution is -2.44. The first-order chi connectivity index (χ1) is 12.6. The van der Waals surface area contributed by atoms with Gasteiger partial charge in [0.15, 0.2) is 11.5 Å². The molecule has 2 amide bonds. The zero-order valence-corrected chi connectivity index (χ0v) is 15.4. The van der Waals surface area contributed by atoms with Crippen molar-refractivity contribution in [1.29, 1.82) is 0 Å². The van der Waals surface area contributed by atoms with Crippen molar-refractivity contribution in [3.8, 4) is 11.5 Å². The molecule has 140 valence electrons. The molecule has 1 aliphatic carbocycles. The smallest absolute Gasteiger partial charge is 0.229 e. The third kappa shape index (κ3) is 3.75. The maximum absolute atomic E-state index is 12.7. The normalized spacial score (nSPS) is 22.5. The second-order valence-corrected chi connectivity index (χ2v) is 7.62. The molecule has 3 aliphatic rings. The molecule has 1 unspecified atom stereocenters. The molecule has 7 heteroatoms. The Hall–Kier alpha value is -1.95. The molecule has 6 nitrogen and oxygen atoms in total. The molecule has 1 atom stereocenters. The Morgan fingerprint density at radius 3 is 2.50 bits per heavy atom. The summed E-state index contributed by atoms with van der Waals surface area (Å²) in [7, 11) is 0. The van der Waals surface area contributed by atoms with Gasteiger partial charge in [0.1, 0.15) is 0 Å². The number of amides is 2. The Labute approximate surface area is 157 Å². The highest BCUT2D eigenvalue weighted by Gasteiger charge is 2.36. The van der Waals surface area contributed by atoms with Crippen LogP contribution >= 0.6 is 11.6 Å². The Morgan fingerprint density at radius 2 is 1.77 bits per heavy atom. The standard InChI is InChI=1S/C19H23ClN2O4/c20-14-9-16-17(26-8-2-7-25-16)10-15(14)21-18(23)13-3-1-6-22(11-13)19(24)12-4-5-12/h9-10,12-13H,1-8,11H2,(H,21,23). The molecule has 0 aromatic heterocycles. The summed E-state index contributed by atoms with van der Waals surface area (Å²) in [5.74, 6) is 1.28. The summed E-state index contributed by atoms with van der Waals surface area (Å²) in [6.07, 6.45) is 4.41. The van der Waals surface area contributed by atoms with Crippen LogP contribution in [0.4, 0.5) is 5.69 Å². The number of fused-ring (bicyclic) bond motifs is 1. The number of carbonyl (C=O) groups is 2. The van der Waals surface area contributed by atoms with E-state index in [1.807, 2.05) is 4.90 Å². The second kappa shape index (κ2) is 7.35. The van der Waals surface area contributed by atoms with Crippen molar-refractivity contribution in [2.75, 3.05) is 31.6 Å². The molecule has 1 saturated carbocycles. The van der Waals surface area contributed by atoms with E-state index in [9.17, 15) is 9.59 Å². The number of likely N-dealkylation sites (tertiary alicyclic amines) is 1. The molecule has 2 fully saturated rings. The predicted octanol–water partition coefficient (Wildman–Crippen LogP) is 3.09. The van der Waals surface area contributed by atoms with E-state index in [2.05, 4.69) is 5.32 Å². The van der Waals surface area contributed by atoms with Gasteiger partial charge in [-0.05, 0) is 25.7 Å². The summed E-state index contributed by atoms with van der Waals surface area (Å²) < 4.78 is 11.3. The van der Waals surface area contributed by atoms with E-state index in [4.69, 9.17) is 21.1 Å². The number of nitrogens with zero attached hydrogens (tertiary/aromatic N) is 1. The van der Waals surface area contributed by atoms with E-state index in [-0.39, 0.29) is 23.7 Å². The fourth-order valence-corrected chi connectivity index (χ4v) is 3.70. The van der Waals surface area contributed by atoms with Crippen molar-refractivity contribution < 1.29 is 19.1 Å². The summed E-state index contributed by atoms with van der Waals surface area (Å²) in [6, 6.07) is 3.40. The molecule has 0 spiro atoms. The van der Waals surface area contributed by atoms with Crippen molar-refractivity contribution in [1.82, 2.24) is 4.90 Å². The van der Waals surface area contributed by atoms with Gasteiger partial charge in [0.25, 0.3) is 0 Å². The lowest BCUT2D eigenvalue weighted by molar-refractivity contribution is -0.135. The van der Waals surface area contributed by atoms with E-state index in [1.54, 1.807) is 12.1 Å². The van der Waals surface area contributed by atoms with Crippen LogP contribution in [-0.4, -0.2) is 43.0 Å². The van der Waals surface area contributed by atoms with Gasteiger partial charge in [-0.2, -0.15) is 0 Å². The van der Waals surface area contributed by atoms with E-state index in [1.165, 1.54) is 0 Å². The van der Waals surface area contributed by atoms with Crippen LogP contribution in [0.1, 0.15) is 32.1 Å². The molecular formula is C19H23ClN2O4. The first kappa shape index (κ1) is 17.5. The molecular weight excluding hydrogens is 356 g/mol. The minimum atomic E-state index is -0.210. The largest absolute Gasteiger partial charge is 0.490 e. The molecule has 4 rings (SSSR count). The molecule has 1 saturated heterocycles. The van der Waals surface area contributed by atoms with E-state index < -0.39 is 0 Å². The Bertz CT molecular complexity index is 720. The molecule has 1 aromatic carbocycles. The number of hydrogen-bond donors (Lipinski definition) is 1. The third-order valence-electron chi connectivity index (χ3n) is 5.13. The van der Waals surface area contributed by atoms with Crippen molar-refractivity contribution in [3.05, 3.63) is 17.2 Å². The van der Waals surface area contributed by atoms with Gasteiger partial charge in [-0.1, -0.05) is 11.6 Å². The predicted molar refractivity (Wildman–Crippen MR) is 97.7 cm³/mol. The molecule has 2 heterocycles. The number of rotatable bonds is 3. The molecule has 0 bridgehead atoms.